The van der Waals surface area contributed by atoms with Crippen LogP contribution in [0.25, 0.3) is 16.6 Å². The second-order valence-corrected chi connectivity index (χ2v) is 6.63. The number of aryl methyl sites for hydroxylation is 2. The van der Waals surface area contributed by atoms with Crippen LogP contribution in [0, 0.1) is 17.0 Å². The topological polar surface area (TPSA) is 73.0 Å². The second-order valence-electron chi connectivity index (χ2n) is 5.47. The molecule has 1 aromatic carbocycles. The van der Waals surface area contributed by atoms with E-state index in [0.29, 0.717) is 0 Å². The van der Waals surface area contributed by atoms with E-state index in [1.54, 1.807) is 23.5 Å². The summed E-state index contributed by atoms with van der Waals surface area (Å²) in [4.78, 5) is 15.7. The summed E-state index contributed by atoms with van der Waals surface area (Å²) in [6.07, 6.45) is 5.88. The third kappa shape index (κ3) is 2.39. The molecule has 114 valence electrons. The Bertz CT molecular complexity index is 960. The van der Waals surface area contributed by atoms with Gasteiger partial charge in [0, 0.05) is 23.3 Å². The maximum atomic E-state index is 10.7. The average molecular weight is 325 g/mol. The van der Waals surface area contributed by atoms with Gasteiger partial charge in [0.15, 0.2) is 5.69 Å². The number of fused-ring (bicyclic) bond motifs is 3. The molecule has 6 nitrogen and oxygen atoms in total. The van der Waals surface area contributed by atoms with Crippen molar-refractivity contribution in [1.82, 2.24) is 10.1 Å². The van der Waals surface area contributed by atoms with E-state index < -0.39 is 0 Å². The largest absolute Gasteiger partial charge is 0.410 e. The number of nitro benzene ring substituents is 1. The first-order chi connectivity index (χ1) is 11.1. The maximum absolute atomic E-state index is 10.7. The zero-order valence-corrected chi connectivity index (χ0v) is 13.2. The summed E-state index contributed by atoms with van der Waals surface area (Å²) in [7, 11) is 0. The van der Waals surface area contributed by atoms with Gasteiger partial charge in [-0.25, -0.2) is 0 Å². The number of allylic oxidation sites excluding steroid dienone is 1. The van der Waals surface area contributed by atoms with Crippen molar-refractivity contribution < 1.29 is 9.44 Å². The van der Waals surface area contributed by atoms with Crippen molar-refractivity contribution >= 4 is 33.6 Å². The van der Waals surface area contributed by atoms with E-state index in [1.807, 2.05) is 17.6 Å². The molecule has 2 heterocycles. The van der Waals surface area contributed by atoms with Crippen LogP contribution in [-0.2, 0) is 6.42 Å². The van der Waals surface area contributed by atoms with Crippen LogP contribution in [0.2, 0.25) is 0 Å². The molecule has 0 bridgehead atoms. The van der Waals surface area contributed by atoms with Gasteiger partial charge in [0.05, 0.1) is 4.92 Å². The normalized spacial score (nSPS) is 15.3. The number of benzene rings is 1. The van der Waals surface area contributed by atoms with Crippen LogP contribution in [0.3, 0.4) is 0 Å². The van der Waals surface area contributed by atoms with Gasteiger partial charge in [-0.1, -0.05) is 9.61 Å². The Labute approximate surface area is 135 Å². The Morgan fingerprint density at radius 1 is 1.30 bits per heavy atom. The van der Waals surface area contributed by atoms with Crippen LogP contribution >= 0.6 is 11.3 Å². The number of non-ortho nitro benzene ring substituents is 1. The Hall–Kier alpha value is -2.67. The molecule has 0 atom stereocenters. The standard InChI is InChI=1S/C16H13N4O2S/c1-10-18-19-15-12(4-5-13(15)9-17-16(19)23-10)8-11-2-6-14(7-3-11)20(21)22/h2-3,6-9H,4-5H2,1H3/q+1/b12-8+. The fourth-order valence-corrected chi connectivity index (χ4v) is 3.59. The molecule has 7 heteroatoms. The molecule has 1 aliphatic carbocycles. The summed E-state index contributed by atoms with van der Waals surface area (Å²) in [5.41, 5.74) is 4.56. The van der Waals surface area contributed by atoms with E-state index in [-0.39, 0.29) is 10.6 Å². The van der Waals surface area contributed by atoms with Gasteiger partial charge in [-0.05, 0) is 59.9 Å². The van der Waals surface area contributed by atoms with E-state index in [2.05, 4.69) is 16.2 Å². The van der Waals surface area contributed by atoms with Crippen molar-refractivity contribution in [2.75, 3.05) is 0 Å². The lowest BCUT2D eigenvalue weighted by atomic mass is 10.1. The van der Waals surface area contributed by atoms with Gasteiger partial charge in [-0.15, -0.1) is 0 Å². The Morgan fingerprint density at radius 2 is 2.09 bits per heavy atom. The summed E-state index contributed by atoms with van der Waals surface area (Å²) in [5.74, 6) is 0. The highest BCUT2D eigenvalue weighted by molar-refractivity contribution is 7.16. The lowest BCUT2D eigenvalue weighted by molar-refractivity contribution is -0.581. The molecule has 23 heavy (non-hydrogen) atoms. The van der Waals surface area contributed by atoms with E-state index >= 15 is 0 Å². The fraction of sp³-hybridized carbons (Fsp3) is 0.188. The van der Waals surface area contributed by atoms with Gasteiger partial charge in [-0.2, -0.15) is 0 Å². The molecule has 1 aliphatic rings. The Morgan fingerprint density at radius 3 is 2.83 bits per heavy atom. The van der Waals surface area contributed by atoms with Crippen molar-refractivity contribution in [2.45, 2.75) is 19.8 Å². The first kappa shape index (κ1) is 14.0. The third-order valence-corrected chi connectivity index (χ3v) is 4.76. The van der Waals surface area contributed by atoms with Crippen LogP contribution in [0.5, 0.6) is 0 Å². The molecular formula is C16H13N4O2S+. The van der Waals surface area contributed by atoms with Crippen molar-refractivity contribution in [3.63, 3.8) is 0 Å². The molecule has 0 fully saturated rings. The third-order valence-electron chi connectivity index (χ3n) is 3.92. The minimum atomic E-state index is -0.384. The predicted octanol–water partition coefficient (Wildman–Crippen LogP) is 2.98. The number of nitrogens with zero attached hydrogens (tertiary/aromatic N) is 4. The van der Waals surface area contributed by atoms with Crippen molar-refractivity contribution in [3.05, 3.63) is 62.4 Å². The molecule has 0 unspecified atom stereocenters. The zero-order chi connectivity index (χ0) is 16.0. The molecule has 0 saturated carbocycles. The van der Waals surface area contributed by atoms with Crippen LogP contribution in [-0.4, -0.2) is 15.0 Å². The molecule has 0 amide bonds. The summed E-state index contributed by atoms with van der Waals surface area (Å²) in [6.45, 7) is 1.97. The highest BCUT2D eigenvalue weighted by Crippen LogP contribution is 2.31. The van der Waals surface area contributed by atoms with Gasteiger partial charge in [0.25, 0.3) is 5.69 Å². The van der Waals surface area contributed by atoms with Crippen LogP contribution in [0.15, 0.2) is 30.5 Å². The number of rotatable bonds is 2. The minimum Gasteiger partial charge on any atom is -0.258 e. The highest BCUT2D eigenvalue weighted by atomic mass is 32.1. The Kier molecular flexibility index (Phi) is 3.16. The van der Waals surface area contributed by atoms with Gasteiger partial charge in [-0.3, -0.25) is 10.1 Å². The highest BCUT2D eigenvalue weighted by Gasteiger charge is 2.28. The monoisotopic (exact) mass is 325 g/mol. The Balaban J connectivity index is 1.80. The molecule has 3 aromatic rings. The molecule has 2 aromatic heterocycles. The number of hydrogen-bond donors (Lipinski definition) is 0. The van der Waals surface area contributed by atoms with Gasteiger partial charge in [0.2, 0.25) is 0 Å². The first-order valence-electron chi connectivity index (χ1n) is 7.24. The fourth-order valence-electron chi connectivity index (χ4n) is 2.88. The lowest BCUT2D eigenvalue weighted by Crippen LogP contribution is -2.29. The predicted molar refractivity (Wildman–Crippen MR) is 87.1 cm³/mol. The molecule has 0 aliphatic heterocycles. The van der Waals surface area contributed by atoms with E-state index in [1.165, 1.54) is 23.3 Å². The number of nitro groups is 1. The molecule has 0 spiro atoms. The quantitative estimate of drug-likeness (QED) is 0.412. The van der Waals surface area contributed by atoms with Gasteiger partial charge < -0.3 is 0 Å². The SMILES string of the molecule is Cc1n[n+]2c3c(cnc2s1)CC/C3=C\c1ccc([N+](=O)[O-])cc1. The lowest BCUT2D eigenvalue weighted by Gasteiger charge is -1.99. The van der Waals surface area contributed by atoms with Gasteiger partial charge >= 0.3 is 4.96 Å². The van der Waals surface area contributed by atoms with Crippen LogP contribution in [0.4, 0.5) is 5.69 Å². The van der Waals surface area contributed by atoms with Crippen molar-refractivity contribution in [1.29, 1.82) is 0 Å². The van der Waals surface area contributed by atoms with Crippen LogP contribution < -0.4 is 4.52 Å². The van der Waals surface area contributed by atoms with Crippen LogP contribution in [0.1, 0.15) is 28.2 Å². The van der Waals surface area contributed by atoms with E-state index in [4.69, 9.17) is 0 Å². The number of aromatic nitrogens is 3. The van der Waals surface area contributed by atoms with E-state index in [0.717, 1.165) is 34.1 Å². The molecule has 0 N–H and O–H groups in total. The molecular weight excluding hydrogens is 312 g/mol. The van der Waals surface area contributed by atoms with Crippen molar-refractivity contribution in [2.24, 2.45) is 0 Å². The summed E-state index contributed by atoms with van der Waals surface area (Å²) >= 11 is 1.57. The minimum absolute atomic E-state index is 0.107. The average Bonchev–Trinajstić information content (AvgIpc) is 3.10. The summed E-state index contributed by atoms with van der Waals surface area (Å²) in [6, 6.07) is 6.62. The molecule has 0 radical (unpaired) electrons. The summed E-state index contributed by atoms with van der Waals surface area (Å²) < 4.78 is 1.92. The first-order valence-corrected chi connectivity index (χ1v) is 8.06. The number of hydrogen-bond acceptors (Lipinski definition) is 5. The molecule has 4 rings (SSSR count). The second kappa shape index (κ2) is 5.20. The van der Waals surface area contributed by atoms with E-state index in [9.17, 15) is 10.1 Å². The van der Waals surface area contributed by atoms with Crippen molar-refractivity contribution in [3.8, 4) is 0 Å². The maximum Gasteiger partial charge on any atom is 0.410 e. The summed E-state index contributed by atoms with van der Waals surface area (Å²) in [5, 5.41) is 16.3. The molecule has 0 saturated heterocycles. The van der Waals surface area contributed by atoms with Gasteiger partial charge in [0.1, 0.15) is 11.2 Å². The smallest absolute Gasteiger partial charge is 0.258 e. The zero-order valence-electron chi connectivity index (χ0n) is 12.4.